The number of para-hydroxylation sites is 1. The molecule has 0 aliphatic heterocycles. The zero-order chi connectivity index (χ0) is 19.6. The van der Waals surface area contributed by atoms with Gasteiger partial charge in [-0.2, -0.15) is 0 Å². The van der Waals surface area contributed by atoms with Crippen molar-refractivity contribution in [3.05, 3.63) is 60.2 Å². The van der Waals surface area contributed by atoms with Crippen LogP contribution in [0.4, 0.5) is 11.4 Å². The fourth-order valence-corrected chi connectivity index (χ4v) is 2.79. The van der Waals surface area contributed by atoms with Crippen molar-refractivity contribution in [1.29, 1.82) is 0 Å². The number of carbonyl (C=O) groups is 3. The molecule has 142 valence electrons. The van der Waals surface area contributed by atoms with Gasteiger partial charge in [0.1, 0.15) is 0 Å². The Labute approximate surface area is 162 Å². The zero-order valence-corrected chi connectivity index (χ0v) is 16.0. The normalized spacial score (nSPS) is 11.3. The summed E-state index contributed by atoms with van der Waals surface area (Å²) in [5, 5.41) is 5.43. The minimum Gasteiger partial charge on any atom is -0.452 e. The molecule has 2 aromatic rings. The highest BCUT2D eigenvalue weighted by Crippen LogP contribution is 2.11. The fraction of sp³-hybridized carbons (Fsp3) is 0.250. The van der Waals surface area contributed by atoms with Crippen LogP contribution in [0.2, 0.25) is 0 Å². The third-order valence-corrected chi connectivity index (χ3v) is 4.38. The van der Waals surface area contributed by atoms with Crippen LogP contribution in [-0.2, 0) is 19.1 Å². The summed E-state index contributed by atoms with van der Waals surface area (Å²) in [4.78, 5) is 35.7. The number of thioether (sulfide) groups is 1. The maximum atomic E-state index is 12.0. The van der Waals surface area contributed by atoms with Gasteiger partial charge in [0.25, 0.3) is 5.91 Å². The molecular weight excluding hydrogens is 364 g/mol. The highest BCUT2D eigenvalue weighted by atomic mass is 32.2. The Morgan fingerprint density at radius 3 is 2.37 bits per heavy atom. The molecule has 0 bridgehead atoms. The minimum atomic E-state index is -0.917. The van der Waals surface area contributed by atoms with E-state index in [1.54, 1.807) is 30.3 Å². The van der Waals surface area contributed by atoms with Crippen LogP contribution in [0.15, 0.2) is 54.6 Å². The lowest BCUT2D eigenvalue weighted by molar-refractivity contribution is -0.150. The van der Waals surface area contributed by atoms with Gasteiger partial charge in [0.2, 0.25) is 5.91 Å². The third kappa shape index (κ3) is 7.53. The molecule has 2 rings (SSSR count). The van der Waals surface area contributed by atoms with Gasteiger partial charge in [-0.3, -0.25) is 14.4 Å². The molecule has 2 amide bonds. The Morgan fingerprint density at radius 1 is 0.963 bits per heavy atom. The molecule has 0 radical (unpaired) electrons. The first kappa shape index (κ1) is 20.5. The van der Waals surface area contributed by atoms with E-state index in [-0.39, 0.29) is 17.4 Å². The summed E-state index contributed by atoms with van der Waals surface area (Å²) < 4.78 is 5.10. The first-order chi connectivity index (χ1) is 12.9. The van der Waals surface area contributed by atoms with Crippen LogP contribution >= 0.6 is 11.8 Å². The van der Waals surface area contributed by atoms with Crippen LogP contribution in [0.5, 0.6) is 0 Å². The number of carbonyl (C=O) groups excluding carboxylic acids is 3. The molecule has 0 aliphatic rings. The molecule has 0 unspecified atom stereocenters. The van der Waals surface area contributed by atoms with E-state index in [1.165, 1.54) is 6.92 Å². The Morgan fingerprint density at radius 2 is 1.67 bits per heavy atom. The number of aryl methyl sites for hydroxylation is 1. The molecule has 0 saturated carbocycles. The number of hydrogen-bond acceptors (Lipinski definition) is 5. The predicted octanol–water partition coefficient (Wildman–Crippen LogP) is 3.24. The maximum Gasteiger partial charge on any atom is 0.316 e. The van der Waals surface area contributed by atoms with Gasteiger partial charge in [-0.15, -0.1) is 11.8 Å². The fourth-order valence-electron chi connectivity index (χ4n) is 2.20. The summed E-state index contributed by atoms with van der Waals surface area (Å²) in [6.45, 7) is 3.45. The van der Waals surface area contributed by atoms with Gasteiger partial charge >= 0.3 is 5.97 Å². The lowest BCUT2D eigenvalue weighted by atomic mass is 10.2. The second-order valence-electron chi connectivity index (χ2n) is 5.90. The van der Waals surface area contributed by atoms with E-state index in [2.05, 4.69) is 10.6 Å². The van der Waals surface area contributed by atoms with Crippen molar-refractivity contribution in [2.24, 2.45) is 0 Å². The van der Waals surface area contributed by atoms with Crippen LogP contribution in [-0.4, -0.2) is 35.4 Å². The van der Waals surface area contributed by atoms with E-state index < -0.39 is 18.0 Å². The van der Waals surface area contributed by atoms with Crippen molar-refractivity contribution in [3.8, 4) is 0 Å². The second kappa shape index (κ2) is 10.4. The van der Waals surface area contributed by atoms with E-state index in [9.17, 15) is 14.4 Å². The largest absolute Gasteiger partial charge is 0.452 e. The summed E-state index contributed by atoms with van der Waals surface area (Å²) in [6.07, 6.45) is -0.917. The second-order valence-corrected chi connectivity index (χ2v) is 6.88. The van der Waals surface area contributed by atoms with Gasteiger partial charge in [-0.25, -0.2) is 0 Å². The molecule has 0 aliphatic carbocycles. The molecule has 0 saturated heterocycles. The van der Waals surface area contributed by atoms with E-state index in [0.717, 1.165) is 23.0 Å². The third-order valence-electron chi connectivity index (χ3n) is 3.47. The van der Waals surface area contributed by atoms with Gasteiger partial charge in [0, 0.05) is 11.4 Å². The standard InChI is InChI=1S/C20H22N2O4S/c1-14-7-6-10-17(11-14)21-18(23)12-27-13-19(24)26-15(2)20(25)22-16-8-4-3-5-9-16/h3-11,15H,12-13H2,1-2H3,(H,21,23)(H,22,25)/t15-/m0/s1. The summed E-state index contributed by atoms with van der Waals surface area (Å²) >= 11 is 1.13. The maximum absolute atomic E-state index is 12.0. The van der Waals surface area contributed by atoms with Gasteiger partial charge in [-0.05, 0) is 43.7 Å². The number of hydrogen-bond donors (Lipinski definition) is 2. The van der Waals surface area contributed by atoms with Crippen LogP contribution in [0.3, 0.4) is 0 Å². The SMILES string of the molecule is Cc1cccc(NC(=O)CSCC(=O)O[C@@H](C)C(=O)Nc2ccccc2)c1. The number of esters is 1. The predicted molar refractivity (Wildman–Crippen MR) is 108 cm³/mol. The quantitative estimate of drug-likeness (QED) is 0.681. The van der Waals surface area contributed by atoms with E-state index >= 15 is 0 Å². The molecule has 0 heterocycles. The lowest BCUT2D eigenvalue weighted by Gasteiger charge is -2.13. The molecule has 0 fully saturated rings. The molecular formula is C20H22N2O4S. The molecule has 7 heteroatoms. The Bertz CT molecular complexity index is 796. The number of ether oxygens (including phenoxy) is 1. The van der Waals surface area contributed by atoms with Gasteiger partial charge in [0.15, 0.2) is 6.10 Å². The van der Waals surface area contributed by atoms with Crippen molar-refractivity contribution in [2.75, 3.05) is 22.1 Å². The molecule has 0 aromatic heterocycles. The number of nitrogens with one attached hydrogen (secondary N) is 2. The summed E-state index contributed by atoms with van der Waals surface area (Å²) in [5.41, 5.74) is 2.40. The highest BCUT2D eigenvalue weighted by Gasteiger charge is 2.18. The van der Waals surface area contributed by atoms with E-state index in [4.69, 9.17) is 4.74 Å². The van der Waals surface area contributed by atoms with Crippen molar-refractivity contribution in [1.82, 2.24) is 0 Å². The molecule has 1 atom stereocenters. The number of benzene rings is 2. The van der Waals surface area contributed by atoms with Gasteiger partial charge < -0.3 is 15.4 Å². The Hall–Kier alpha value is -2.80. The first-order valence-electron chi connectivity index (χ1n) is 8.43. The zero-order valence-electron chi connectivity index (χ0n) is 15.2. The molecule has 2 N–H and O–H groups in total. The van der Waals surface area contributed by atoms with E-state index in [1.807, 2.05) is 31.2 Å². The average molecular weight is 386 g/mol. The summed E-state index contributed by atoms with van der Waals surface area (Å²) in [7, 11) is 0. The number of anilines is 2. The lowest BCUT2D eigenvalue weighted by Crippen LogP contribution is -2.30. The number of amides is 2. The highest BCUT2D eigenvalue weighted by molar-refractivity contribution is 8.00. The van der Waals surface area contributed by atoms with Crippen molar-refractivity contribution < 1.29 is 19.1 Å². The molecule has 6 nitrogen and oxygen atoms in total. The minimum absolute atomic E-state index is 0.00973. The molecule has 0 spiro atoms. The van der Waals surface area contributed by atoms with Crippen LogP contribution in [0.1, 0.15) is 12.5 Å². The van der Waals surface area contributed by atoms with Gasteiger partial charge in [-0.1, -0.05) is 30.3 Å². The van der Waals surface area contributed by atoms with Crippen LogP contribution < -0.4 is 10.6 Å². The molecule has 2 aromatic carbocycles. The smallest absolute Gasteiger partial charge is 0.316 e. The van der Waals surface area contributed by atoms with Crippen LogP contribution in [0.25, 0.3) is 0 Å². The van der Waals surface area contributed by atoms with E-state index in [0.29, 0.717) is 5.69 Å². The Balaban J connectivity index is 1.67. The number of rotatable bonds is 8. The Kier molecular flexibility index (Phi) is 7.88. The van der Waals surface area contributed by atoms with Crippen molar-refractivity contribution >= 4 is 40.9 Å². The average Bonchev–Trinajstić information content (AvgIpc) is 2.62. The summed E-state index contributed by atoms with van der Waals surface area (Å²) in [5.74, 6) is -1.04. The topological polar surface area (TPSA) is 84.5 Å². The first-order valence-corrected chi connectivity index (χ1v) is 9.59. The monoisotopic (exact) mass is 386 g/mol. The molecule has 27 heavy (non-hydrogen) atoms. The summed E-state index contributed by atoms with van der Waals surface area (Å²) in [6, 6.07) is 16.4. The van der Waals surface area contributed by atoms with Crippen molar-refractivity contribution in [2.45, 2.75) is 20.0 Å². The van der Waals surface area contributed by atoms with Crippen molar-refractivity contribution in [3.63, 3.8) is 0 Å². The van der Waals surface area contributed by atoms with Gasteiger partial charge in [0.05, 0.1) is 11.5 Å². The van der Waals surface area contributed by atoms with Crippen LogP contribution in [0, 0.1) is 6.92 Å².